The number of benzene rings is 3. The van der Waals surface area contributed by atoms with Gasteiger partial charge < -0.3 is 14.2 Å². The zero-order valence-electron chi connectivity index (χ0n) is 16.5. The highest BCUT2D eigenvalue weighted by atomic mass is 35.5. The van der Waals surface area contributed by atoms with Crippen LogP contribution in [0.4, 0.5) is 0 Å². The maximum absolute atomic E-state index is 12.6. The Bertz CT molecular complexity index is 1150. The number of ketones is 1. The van der Waals surface area contributed by atoms with Crippen LogP contribution < -0.4 is 9.47 Å². The van der Waals surface area contributed by atoms with Crippen LogP contribution in [0.2, 0.25) is 5.02 Å². The molecule has 0 heterocycles. The second-order valence-electron chi connectivity index (χ2n) is 6.90. The summed E-state index contributed by atoms with van der Waals surface area (Å²) in [5.74, 6) is -0.314. The average molecular weight is 423 g/mol. The summed E-state index contributed by atoms with van der Waals surface area (Å²) in [5, 5.41) is 0.215. The van der Waals surface area contributed by atoms with Gasteiger partial charge in [0.1, 0.15) is 0 Å². The Hall–Kier alpha value is -3.31. The number of fused-ring (bicyclic) bond motifs is 3. The molecule has 6 heteroatoms. The van der Waals surface area contributed by atoms with E-state index in [9.17, 15) is 9.59 Å². The predicted octanol–water partition coefficient (Wildman–Crippen LogP) is 4.97. The van der Waals surface area contributed by atoms with Crippen molar-refractivity contribution in [1.29, 1.82) is 0 Å². The van der Waals surface area contributed by atoms with Crippen LogP contribution >= 0.6 is 11.6 Å². The molecule has 0 aromatic heterocycles. The third kappa shape index (κ3) is 3.64. The van der Waals surface area contributed by atoms with Crippen LogP contribution in [-0.2, 0) is 11.2 Å². The molecule has 152 valence electrons. The van der Waals surface area contributed by atoms with Crippen molar-refractivity contribution >= 4 is 23.4 Å². The maximum Gasteiger partial charge on any atom is 0.338 e. The molecule has 0 bridgehead atoms. The molecule has 30 heavy (non-hydrogen) atoms. The molecule has 0 radical (unpaired) electrons. The fourth-order valence-corrected chi connectivity index (χ4v) is 3.92. The van der Waals surface area contributed by atoms with Crippen molar-refractivity contribution in [3.05, 3.63) is 81.9 Å². The lowest BCUT2D eigenvalue weighted by Gasteiger charge is -2.11. The van der Waals surface area contributed by atoms with Crippen molar-refractivity contribution in [3.63, 3.8) is 0 Å². The summed E-state index contributed by atoms with van der Waals surface area (Å²) >= 11 is 6.13. The first-order valence-corrected chi connectivity index (χ1v) is 9.72. The summed E-state index contributed by atoms with van der Waals surface area (Å²) in [5.41, 5.74) is 5.30. The van der Waals surface area contributed by atoms with E-state index < -0.39 is 5.97 Å². The Morgan fingerprint density at radius 2 is 1.67 bits per heavy atom. The van der Waals surface area contributed by atoms with Crippen LogP contribution in [0.25, 0.3) is 11.1 Å². The van der Waals surface area contributed by atoms with Gasteiger partial charge in [0.25, 0.3) is 0 Å². The lowest BCUT2D eigenvalue weighted by Crippen LogP contribution is -2.14. The summed E-state index contributed by atoms with van der Waals surface area (Å²) in [6.45, 7) is -0.370. The second kappa shape index (κ2) is 8.20. The smallest absolute Gasteiger partial charge is 0.338 e. The Morgan fingerprint density at radius 3 is 2.43 bits per heavy atom. The first-order chi connectivity index (χ1) is 14.5. The second-order valence-corrected chi connectivity index (χ2v) is 7.31. The van der Waals surface area contributed by atoms with Crippen LogP contribution in [-0.4, -0.2) is 32.6 Å². The zero-order valence-corrected chi connectivity index (χ0v) is 17.3. The number of carbonyl (C=O) groups is 2. The normalized spacial score (nSPS) is 11.4. The largest absolute Gasteiger partial charge is 0.493 e. The molecule has 5 nitrogen and oxygen atoms in total. The molecule has 0 spiro atoms. The molecule has 4 rings (SSSR count). The number of Topliss-reactive ketones (excluding diaryl/α,β-unsaturated/α-hetero) is 1. The molecule has 0 amide bonds. The van der Waals surface area contributed by atoms with E-state index in [1.807, 2.05) is 24.3 Å². The molecule has 0 saturated carbocycles. The molecular weight excluding hydrogens is 404 g/mol. The average Bonchev–Trinajstić information content (AvgIpc) is 3.14. The number of hydrogen-bond acceptors (Lipinski definition) is 5. The number of methoxy groups -OCH3 is 2. The Kier molecular flexibility index (Phi) is 5.46. The molecule has 1 aliphatic carbocycles. The van der Waals surface area contributed by atoms with E-state index in [4.69, 9.17) is 25.8 Å². The first kappa shape index (κ1) is 20.0. The quantitative estimate of drug-likeness (QED) is 0.324. The van der Waals surface area contributed by atoms with Crippen LogP contribution in [0, 0.1) is 0 Å². The molecule has 0 aliphatic heterocycles. The van der Waals surface area contributed by atoms with E-state index in [0.29, 0.717) is 17.1 Å². The van der Waals surface area contributed by atoms with Crippen molar-refractivity contribution in [1.82, 2.24) is 0 Å². The fourth-order valence-electron chi connectivity index (χ4n) is 3.63. The van der Waals surface area contributed by atoms with E-state index in [0.717, 1.165) is 17.5 Å². The third-order valence-corrected chi connectivity index (χ3v) is 5.40. The highest BCUT2D eigenvalue weighted by Gasteiger charge is 2.21. The van der Waals surface area contributed by atoms with Crippen LogP contribution in [0.5, 0.6) is 11.5 Å². The van der Waals surface area contributed by atoms with Gasteiger partial charge in [-0.3, -0.25) is 4.79 Å². The van der Waals surface area contributed by atoms with Gasteiger partial charge in [0.15, 0.2) is 23.9 Å². The minimum atomic E-state index is -0.669. The Labute approximate surface area is 179 Å². The molecule has 0 saturated heterocycles. The molecule has 1 aliphatic rings. The monoisotopic (exact) mass is 422 g/mol. The van der Waals surface area contributed by atoms with E-state index in [-0.39, 0.29) is 23.0 Å². The summed E-state index contributed by atoms with van der Waals surface area (Å²) in [6, 6.07) is 16.6. The number of halogens is 1. The zero-order chi connectivity index (χ0) is 21.3. The molecule has 0 atom stereocenters. The maximum atomic E-state index is 12.6. The number of carbonyl (C=O) groups excluding carboxylic acids is 2. The minimum Gasteiger partial charge on any atom is -0.493 e. The van der Waals surface area contributed by atoms with Crippen LogP contribution in [0.3, 0.4) is 0 Å². The van der Waals surface area contributed by atoms with Gasteiger partial charge in [-0.15, -0.1) is 0 Å². The molecule has 0 N–H and O–H groups in total. The van der Waals surface area contributed by atoms with E-state index in [1.165, 1.54) is 37.5 Å². The van der Waals surface area contributed by atoms with Gasteiger partial charge in [-0.1, -0.05) is 48.0 Å². The van der Waals surface area contributed by atoms with Gasteiger partial charge in [0.2, 0.25) is 0 Å². The van der Waals surface area contributed by atoms with Gasteiger partial charge in [0.05, 0.1) is 24.8 Å². The van der Waals surface area contributed by atoms with Gasteiger partial charge in [-0.05, 0) is 46.9 Å². The van der Waals surface area contributed by atoms with Crippen molar-refractivity contribution in [2.24, 2.45) is 0 Å². The number of hydrogen-bond donors (Lipinski definition) is 0. The number of esters is 1. The van der Waals surface area contributed by atoms with Crippen LogP contribution in [0.1, 0.15) is 31.8 Å². The number of ether oxygens (including phenoxy) is 3. The van der Waals surface area contributed by atoms with E-state index in [1.54, 1.807) is 6.07 Å². The first-order valence-electron chi connectivity index (χ1n) is 9.35. The summed E-state index contributed by atoms with van der Waals surface area (Å²) in [4.78, 5) is 25.1. The highest BCUT2D eigenvalue weighted by molar-refractivity contribution is 6.32. The molecular formula is C24H19ClO5. The van der Waals surface area contributed by atoms with E-state index in [2.05, 4.69) is 12.1 Å². The molecule has 3 aromatic carbocycles. The summed E-state index contributed by atoms with van der Waals surface area (Å²) < 4.78 is 15.6. The van der Waals surface area contributed by atoms with Crippen molar-refractivity contribution in [2.75, 3.05) is 20.8 Å². The minimum absolute atomic E-state index is 0.174. The lowest BCUT2D eigenvalue weighted by molar-refractivity contribution is 0.0474. The topological polar surface area (TPSA) is 61.8 Å². The summed E-state index contributed by atoms with van der Waals surface area (Å²) in [6.07, 6.45) is 0.856. The molecule has 0 unspecified atom stereocenters. The summed E-state index contributed by atoms with van der Waals surface area (Å²) in [7, 11) is 2.90. The van der Waals surface area contributed by atoms with Gasteiger partial charge >= 0.3 is 5.97 Å². The van der Waals surface area contributed by atoms with Gasteiger partial charge in [0, 0.05) is 5.56 Å². The van der Waals surface area contributed by atoms with Crippen LogP contribution in [0.15, 0.2) is 54.6 Å². The predicted molar refractivity (Wildman–Crippen MR) is 114 cm³/mol. The van der Waals surface area contributed by atoms with Gasteiger partial charge in [-0.2, -0.15) is 0 Å². The number of rotatable bonds is 6. The van der Waals surface area contributed by atoms with Crippen molar-refractivity contribution < 1.29 is 23.8 Å². The standard InChI is InChI=1S/C24H19ClO5/c1-28-22-12-17(11-20(25)23(22)29-2)24(27)30-13-21(26)16-8-7-15-9-14-5-3-4-6-18(14)19(15)10-16/h3-8,10-12H,9,13H2,1-2H3. The molecule has 3 aromatic rings. The van der Waals surface area contributed by atoms with Crippen molar-refractivity contribution in [2.45, 2.75) is 6.42 Å². The SMILES string of the molecule is COc1cc(C(=O)OCC(=O)c2ccc3c(c2)-c2ccccc2C3)cc(Cl)c1OC. The lowest BCUT2D eigenvalue weighted by atomic mass is 10.0. The highest BCUT2D eigenvalue weighted by Crippen LogP contribution is 2.37. The van der Waals surface area contributed by atoms with Crippen molar-refractivity contribution in [3.8, 4) is 22.6 Å². The third-order valence-electron chi connectivity index (χ3n) is 5.12. The van der Waals surface area contributed by atoms with Gasteiger partial charge in [-0.25, -0.2) is 4.79 Å². The fraction of sp³-hybridized carbons (Fsp3) is 0.167. The Balaban J connectivity index is 1.49. The molecule has 0 fully saturated rings. The Morgan fingerprint density at radius 1 is 0.900 bits per heavy atom. The van der Waals surface area contributed by atoms with E-state index >= 15 is 0 Å².